The third-order valence-corrected chi connectivity index (χ3v) is 4.87. The van der Waals surface area contributed by atoms with E-state index in [2.05, 4.69) is 10.5 Å². The maximum Gasteiger partial charge on any atom is 0.271 e. The molecule has 0 aromatic heterocycles. The number of nitro benzene ring substituents is 1. The van der Waals surface area contributed by atoms with Gasteiger partial charge in [-0.3, -0.25) is 14.9 Å². The van der Waals surface area contributed by atoms with Crippen LogP contribution in [-0.4, -0.2) is 24.2 Å². The van der Waals surface area contributed by atoms with Crippen molar-refractivity contribution in [2.45, 2.75) is 6.61 Å². The molecule has 8 nitrogen and oxygen atoms in total. The first-order chi connectivity index (χ1) is 15.4. The lowest BCUT2D eigenvalue weighted by Gasteiger charge is -2.12. The van der Waals surface area contributed by atoms with Gasteiger partial charge in [0.15, 0.2) is 11.5 Å². The molecule has 1 N–H and O–H groups in total. The molecule has 3 aromatic carbocycles. The Bertz CT molecular complexity index is 1180. The van der Waals surface area contributed by atoms with Gasteiger partial charge in [-0.15, -0.1) is 0 Å². The minimum atomic E-state index is -0.577. The molecule has 0 aliphatic rings. The number of halogens is 2. The van der Waals surface area contributed by atoms with E-state index in [0.29, 0.717) is 27.1 Å². The maximum atomic E-state index is 12.2. The lowest BCUT2D eigenvalue weighted by Crippen LogP contribution is -2.17. The first-order valence-electron chi connectivity index (χ1n) is 9.20. The lowest BCUT2D eigenvalue weighted by molar-refractivity contribution is -0.384. The van der Waals surface area contributed by atoms with Crippen LogP contribution in [-0.2, 0) is 6.61 Å². The molecule has 0 radical (unpaired) electrons. The van der Waals surface area contributed by atoms with E-state index in [1.807, 2.05) is 0 Å². The van der Waals surface area contributed by atoms with E-state index in [1.165, 1.54) is 37.6 Å². The predicted molar refractivity (Wildman–Crippen MR) is 122 cm³/mol. The number of rotatable bonds is 8. The highest BCUT2D eigenvalue weighted by molar-refractivity contribution is 6.35. The second kappa shape index (κ2) is 10.6. The molecule has 0 atom stereocenters. The fourth-order valence-electron chi connectivity index (χ4n) is 2.67. The van der Waals surface area contributed by atoms with Crippen molar-refractivity contribution in [2.24, 2.45) is 5.10 Å². The zero-order chi connectivity index (χ0) is 23.1. The molecule has 164 valence electrons. The van der Waals surface area contributed by atoms with Gasteiger partial charge in [0.1, 0.15) is 6.61 Å². The standard InChI is InChI=1S/C22H17Cl2N3O5/c1-31-20-8-5-14(9-21(20)32-13-16-6-7-17(23)11-19(16)24)12-25-26-22(28)15-3-2-4-18(10-15)27(29)30/h2-12H,13H2,1H3,(H,26,28)/b25-12-. The molecule has 0 heterocycles. The number of carbonyl (C=O) groups excluding carboxylic acids is 1. The number of hydrazone groups is 1. The number of ether oxygens (including phenoxy) is 2. The molecule has 0 spiro atoms. The van der Waals surface area contributed by atoms with Crippen LogP contribution in [0, 0.1) is 10.1 Å². The van der Waals surface area contributed by atoms with Crippen molar-refractivity contribution in [1.82, 2.24) is 5.43 Å². The summed E-state index contributed by atoms with van der Waals surface area (Å²) >= 11 is 12.1. The quantitative estimate of drug-likeness (QED) is 0.273. The largest absolute Gasteiger partial charge is 0.493 e. The van der Waals surface area contributed by atoms with E-state index in [0.717, 1.165) is 5.56 Å². The summed E-state index contributed by atoms with van der Waals surface area (Å²) < 4.78 is 11.2. The highest BCUT2D eigenvalue weighted by Gasteiger charge is 2.11. The summed E-state index contributed by atoms with van der Waals surface area (Å²) in [6.07, 6.45) is 1.41. The Balaban J connectivity index is 1.69. The summed E-state index contributed by atoms with van der Waals surface area (Å²) in [6.45, 7) is 0.191. The van der Waals surface area contributed by atoms with E-state index in [-0.39, 0.29) is 17.9 Å². The van der Waals surface area contributed by atoms with Crippen LogP contribution in [0.2, 0.25) is 10.0 Å². The Morgan fingerprint density at radius 1 is 1.12 bits per heavy atom. The highest BCUT2D eigenvalue weighted by atomic mass is 35.5. The summed E-state index contributed by atoms with van der Waals surface area (Å²) in [5.74, 6) is 0.382. The Kier molecular flexibility index (Phi) is 7.64. The summed E-state index contributed by atoms with van der Waals surface area (Å²) in [4.78, 5) is 22.5. The maximum absolute atomic E-state index is 12.2. The molecule has 0 aliphatic heterocycles. The van der Waals surface area contributed by atoms with Crippen molar-refractivity contribution in [3.63, 3.8) is 0 Å². The van der Waals surface area contributed by atoms with Crippen LogP contribution in [0.1, 0.15) is 21.5 Å². The van der Waals surface area contributed by atoms with Crippen LogP contribution in [0.5, 0.6) is 11.5 Å². The van der Waals surface area contributed by atoms with E-state index in [1.54, 1.807) is 36.4 Å². The minimum absolute atomic E-state index is 0.120. The SMILES string of the molecule is COc1ccc(/C=N\NC(=O)c2cccc([N+](=O)[O-])c2)cc1OCc1ccc(Cl)cc1Cl. The molecule has 3 rings (SSSR count). The van der Waals surface area contributed by atoms with E-state index >= 15 is 0 Å². The third-order valence-electron chi connectivity index (χ3n) is 4.28. The van der Waals surface area contributed by atoms with Crippen LogP contribution in [0.25, 0.3) is 0 Å². The number of nitrogens with one attached hydrogen (secondary N) is 1. The molecule has 0 saturated carbocycles. The van der Waals surface area contributed by atoms with Crippen LogP contribution in [0.4, 0.5) is 5.69 Å². The number of hydrogen-bond donors (Lipinski definition) is 1. The summed E-state index contributed by atoms with van der Waals surface area (Å²) in [5.41, 5.74) is 3.66. The van der Waals surface area contributed by atoms with Crippen LogP contribution in [0.3, 0.4) is 0 Å². The topological polar surface area (TPSA) is 103 Å². The number of amides is 1. The second-order valence-electron chi connectivity index (χ2n) is 6.44. The molecule has 3 aromatic rings. The highest BCUT2D eigenvalue weighted by Crippen LogP contribution is 2.30. The van der Waals surface area contributed by atoms with E-state index in [9.17, 15) is 14.9 Å². The normalized spacial score (nSPS) is 10.7. The fraction of sp³-hybridized carbons (Fsp3) is 0.0909. The van der Waals surface area contributed by atoms with Gasteiger partial charge in [0.05, 0.1) is 18.2 Å². The minimum Gasteiger partial charge on any atom is -0.493 e. The van der Waals surface area contributed by atoms with Crippen molar-refractivity contribution in [3.05, 3.63) is 97.5 Å². The zero-order valence-electron chi connectivity index (χ0n) is 16.7. The molecule has 10 heteroatoms. The molecule has 0 saturated heterocycles. The number of hydrogen-bond acceptors (Lipinski definition) is 6. The smallest absolute Gasteiger partial charge is 0.271 e. The Morgan fingerprint density at radius 3 is 2.66 bits per heavy atom. The first kappa shape index (κ1) is 23.1. The monoisotopic (exact) mass is 473 g/mol. The van der Waals surface area contributed by atoms with E-state index in [4.69, 9.17) is 32.7 Å². The zero-order valence-corrected chi connectivity index (χ0v) is 18.3. The Labute approximate surface area is 193 Å². The average molecular weight is 474 g/mol. The van der Waals surface area contributed by atoms with Gasteiger partial charge in [-0.2, -0.15) is 5.10 Å². The third kappa shape index (κ3) is 5.96. The van der Waals surface area contributed by atoms with Gasteiger partial charge >= 0.3 is 0 Å². The summed E-state index contributed by atoms with van der Waals surface area (Å²) in [6, 6.07) is 15.6. The molecule has 32 heavy (non-hydrogen) atoms. The van der Waals surface area contributed by atoms with Gasteiger partial charge in [0.25, 0.3) is 11.6 Å². The van der Waals surface area contributed by atoms with Gasteiger partial charge < -0.3 is 9.47 Å². The number of nitro groups is 1. The van der Waals surface area contributed by atoms with Crippen molar-refractivity contribution in [1.29, 1.82) is 0 Å². The van der Waals surface area contributed by atoms with Gasteiger partial charge in [-0.25, -0.2) is 5.43 Å². The lowest BCUT2D eigenvalue weighted by atomic mass is 10.2. The predicted octanol–water partition coefficient (Wildman–Crippen LogP) is 5.25. The second-order valence-corrected chi connectivity index (χ2v) is 7.28. The van der Waals surface area contributed by atoms with Crippen molar-refractivity contribution < 1.29 is 19.2 Å². The molecule has 1 amide bonds. The van der Waals surface area contributed by atoms with Gasteiger partial charge in [-0.1, -0.05) is 35.3 Å². The fourth-order valence-corrected chi connectivity index (χ4v) is 3.13. The molecule has 0 bridgehead atoms. The van der Waals surface area contributed by atoms with Gasteiger partial charge in [0, 0.05) is 33.3 Å². The number of methoxy groups -OCH3 is 1. The first-order valence-corrected chi connectivity index (χ1v) is 9.95. The molecule has 0 fully saturated rings. The van der Waals surface area contributed by atoms with Crippen LogP contribution in [0.15, 0.2) is 65.8 Å². The number of non-ortho nitro benzene ring substituents is 1. The molecular formula is C22H17Cl2N3O5. The van der Waals surface area contributed by atoms with E-state index < -0.39 is 10.8 Å². The number of benzene rings is 3. The van der Waals surface area contributed by atoms with Gasteiger partial charge in [0.2, 0.25) is 0 Å². The average Bonchev–Trinajstić information content (AvgIpc) is 2.78. The van der Waals surface area contributed by atoms with Crippen molar-refractivity contribution in [3.8, 4) is 11.5 Å². The molecular weight excluding hydrogens is 457 g/mol. The van der Waals surface area contributed by atoms with Crippen LogP contribution >= 0.6 is 23.2 Å². The van der Waals surface area contributed by atoms with Gasteiger partial charge in [-0.05, 0) is 42.0 Å². The molecule has 0 aliphatic carbocycles. The summed E-state index contributed by atoms with van der Waals surface area (Å²) in [7, 11) is 1.52. The van der Waals surface area contributed by atoms with Crippen LogP contribution < -0.4 is 14.9 Å². The Morgan fingerprint density at radius 2 is 1.94 bits per heavy atom. The Hall–Kier alpha value is -3.62. The van der Waals surface area contributed by atoms with Crippen molar-refractivity contribution in [2.75, 3.05) is 7.11 Å². The summed E-state index contributed by atoms with van der Waals surface area (Å²) in [5, 5.41) is 15.8. The number of carbonyl (C=O) groups is 1. The van der Waals surface area contributed by atoms with Crippen molar-refractivity contribution >= 4 is 41.0 Å². The molecule has 0 unspecified atom stereocenters. The number of nitrogens with zero attached hydrogens (tertiary/aromatic N) is 2.